The van der Waals surface area contributed by atoms with Gasteiger partial charge in [-0.2, -0.15) is 0 Å². The molecule has 0 aliphatic rings. The molecule has 0 radical (unpaired) electrons. The zero-order chi connectivity index (χ0) is 8.97. The average molecular weight is 169 g/mol. The standard InChI is InChI=1S/C8H15N3O/c1-6-7(4-2-3-5-9)11-8(12)10-6/h2-5,9H2,1H3,(H2,10,11,12). The minimum atomic E-state index is -0.116. The monoisotopic (exact) mass is 169 g/mol. The van der Waals surface area contributed by atoms with E-state index in [9.17, 15) is 4.79 Å². The highest BCUT2D eigenvalue weighted by molar-refractivity contribution is 5.08. The van der Waals surface area contributed by atoms with E-state index in [0.29, 0.717) is 6.54 Å². The molecular weight excluding hydrogens is 154 g/mol. The van der Waals surface area contributed by atoms with Gasteiger partial charge in [0.05, 0.1) is 0 Å². The Hall–Kier alpha value is -1.03. The molecule has 0 aliphatic carbocycles. The van der Waals surface area contributed by atoms with E-state index in [-0.39, 0.29) is 5.69 Å². The summed E-state index contributed by atoms with van der Waals surface area (Å²) in [6.45, 7) is 2.61. The SMILES string of the molecule is Cc1[nH]c(=O)[nH]c1CCCCN. The van der Waals surface area contributed by atoms with Crippen LogP contribution in [0.5, 0.6) is 0 Å². The van der Waals surface area contributed by atoms with Gasteiger partial charge in [-0.05, 0) is 32.7 Å². The third-order valence-electron chi connectivity index (χ3n) is 1.90. The summed E-state index contributed by atoms with van der Waals surface area (Å²) in [7, 11) is 0. The minimum absolute atomic E-state index is 0.116. The second-order valence-electron chi connectivity index (χ2n) is 2.93. The fraction of sp³-hybridized carbons (Fsp3) is 0.625. The summed E-state index contributed by atoms with van der Waals surface area (Å²) in [4.78, 5) is 16.3. The van der Waals surface area contributed by atoms with Crippen molar-refractivity contribution >= 4 is 0 Å². The van der Waals surface area contributed by atoms with Crippen LogP contribution in [0.2, 0.25) is 0 Å². The molecule has 1 aromatic heterocycles. The predicted octanol–water partition coefficient (Wildman–Crippen LogP) is 0.293. The lowest BCUT2D eigenvalue weighted by Crippen LogP contribution is -2.02. The highest BCUT2D eigenvalue weighted by Gasteiger charge is 2.00. The van der Waals surface area contributed by atoms with Crippen molar-refractivity contribution in [1.82, 2.24) is 9.97 Å². The van der Waals surface area contributed by atoms with E-state index in [0.717, 1.165) is 30.7 Å². The van der Waals surface area contributed by atoms with Gasteiger partial charge in [0.1, 0.15) is 0 Å². The Kier molecular flexibility index (Phi) is 3.10. The van der Waals surface area contributed by atoms with Crippen molar-refractivity contribution in [2.45, 2.75) is 26.2 Å². The molecule has 0 amide bonds. The maximum atomic E-state index is 10.8. The lowest BCUT2D eigenvalue weighted by molar-refractivity contribution is 0.731. The molecule has 1 heterocycles. The molecule has 1 rings (SSSR count). The molecule has 12 heavy (non-hydrogen) atoms. The van der Waals surface area contributed by atoms with E-state index in [2.05, 4.69) is 9.97 Å². The smallest absolute Gasteiger partial charge is 0.323 e. The number of imidazole rings is 1. The highest BCUT2D eigenvalue weighted by atomic mass is 16.1. The summed E-state index contributed by atoms with van der Waals surface area (Å²) in [6, 6.07) is 0. The molecule has 0 saturated carbocycles. The number of hydrogen-bond donors (Lipinski definition) is 3. The van der Waals surface area contributed by atoms with Crippen LogP contribution in [-0.4, -0.2) is 16.5 Å². The maximum Gasteiger partial charge on any atom is 0.323 e. The van der Waals surface area contributed by atoms with Gasteiger partial charge >= 0.3 is 5.69 Å². The Labute approximate surface area is 71.2 Å². The van der Waals surface area contributed by atoms with Gasteiger partial charge < -0.3 is 15.7 Å². The molecule has 0 saturated heterocycles. The second kappa shape index (κ2) is 4.11. The van der Waals surface area contributed by atoms with Crippen molar-refractivity contribution in [3.63, 3.8) is 0 Å². The van der Waals surface area contributed by atoms with Crippen LogP contribution in [0.15, 0.2) is 4.79 Å². The zero-order valence-electron chi connectivity index (χ0n) is 7.31. The van der Waals surface area contributed by atoms with Gasteiger partial charge in [-0.3, -0.25) is 0 Å². The first kappa shape index (κ1) is 9.06. The molecule has 0 bridgehead atoms. The quantitative estimate of drug-likeness (QED) is 0.567. The number of nitrogens with one attached hydrogen (secondary N) is 2. The van der Waals surface area contributed by atoms with Gasteiger partial charge in [-0.25, -0.2) is 4.79 Å². The van der Waals surface area contributed by atoms with Crippen LogP contribution in [0.3, 0.4) is 0 Å². The Bertz CT molecular complexity index is 287. The number of hydrogen-bond acceptors (Lipinski definition) is 2. The van der Waals surface area contributed by atoms with Crippen LogP contribution in [-0.2, 0) is 6.42 Å². The molecule has 0 fully saturated rings. The maximum absolute atomic E-state index is 10.8. The molecule has 68 valence electrons. The number of unbranched alkanes of at least 4 members (excludes halogenated alkanes) is 1. The van der Waals surface area contributed by atoms with Gasteiger partial charge in [0.25, 0.3) is 0 Å². The van der Waals surface area contributed by atoms with Crippen molar-refractivity contribution in [3.8, 4) is 0 Å². The molecule has 4 N–H and O–H groups in total. The third-order valence-corrected chi connectivity index (χ3v) is 1.90. The number of nitrogens with two attached hydrogens (primary N) is 1. The lowest BCUT2D eigenvalue weighted by atomic mass is 10.2. The molecule has 4 heteroatoms. The number of rotatable bonds is 4. The van der Waals surface area contributed by atoms with Gasteiger partial charge in [-0.15, -0.1) is 0 Å². The summed E-state index contributed by atoms with van der Waals surface area (Å²) >= 11 is 0. The largest absolute Gasteiger partial charge is 0.330 e. The minimum Gasteiger partial charge on any atom is -0.330 e. The molecule has 0 spiro atoms. The van der Waals surface area contributed by atoms with Crippen LogP contribution >= 0.6 is 0 Å². The van der Waals surface area contributed by atoms with E-state index < -0.39 is 0 Å². The molecule has 0 unspecified atom stereocenters. The van der Waals surface area contributed by atoms with E-state index in [1.807, 2.05) is 6.92 Å². The summed E-state index contributed by atoms with van der Waals surface area (Å²) < 4.78 is 0. The van der Waals surface area contributed by atoms with E-state index in [1.54, 1.807) is 0 Å². The number of aromatic nitrogens is 2. The summed E-state index contributed by atoms with van der Waals surface area (Å²) in [5.41, 5.74) is 7.19. The lowest BCUT2D eigenvalue weighted by Gasteiger charge is -1.96. The summed E-state index contributed by atoms with van der Waals surface area (Å²) in [5.74, 6) is 0. The summed E-state index contributed by atoms with van der Waals surface area (Å²) in [5, 5.41) is 0. The number of H-pyrrole nitrogens is 2. The van der Waals surface area contributed by atoms with Gasteiger partial charge in [0.15, 0.2) is 0 Å². The van der Waals surface area contributed by atoms with E-state index >= 15 is 0 Å². The van der Waals surface area contributed by atoms with Gasteiger partial charge in [0, 0.05) is 11.4 Å². The molecule has 0 aromatic carbocycles. The average Bonchev–Trinajstić information content (AvgIpc) is 2.31. The highest BCUT2D eigenvalue weighted by Crippen LogP contribution is 2.02. The second-order valence-corrected chi connectivity index (χ2v) is 2.93. The fourth-order valence-corrected chi connectivity index (χ4v) is 1.20. The number of aryl methyl sites for hydroxylation is 2. The van der Waals surface area contributed by atoms with Crippen LogP contribution in [0, 0.1) is 6.92 Å². The first-order valence-corrected chi connectivity index (χ1v) is 4.22. The van der Waals surface area contributed by atoms with Crippen molar-refractivity contribution in [3.05, 3.63) is 21.9 Å². The third kappa shape index (κ3) is 2.23. The predicted molar refractivity (Wildman–Crippen MR) is 48.1 cm³/mol. The van der Waals surface area contributed by atoms with Crippen molar-refractivity contribution in [2.24, 2.45) is 5.73 Å². The van der Waals surface area contributed by atoms with Crippen LogP contribution in [0.1, 0.15) is 24.2 Å². The Morgan fingerprint density at radius 1 is 1.33 bits per heavy atom. The van der Waals surface area contributed by atoms with E-state index in [4.69, 9.17) is 5.73 Å². The number of aromatic amines is 2. The van der Waals surface area contributed by atoms with E-state index in [1.165, 1.54) is 0 Å². The first-order chi connectivity index (χ1) is 5.74. The molecule has 0 aliphatic heterocycles. The topological polar surface area (TPSA) is 74.7 Å². The van der Waals surface area contributed by atoms with Crippen LogP contribution in [0.4, 0.5) is 0 Å². The Balaban J connectivity index is 2.51. The molecule has 0 atom stereocenters. The Morgan fingerprint density at radius 3 is 2.58 bits per heavy atom. The van der Waals surface area contributed by atoms with Crippen molar-refractivity contribution < 1.29 is 0 Å². The van der Waals surface area contributed by atoms with Gasteiger partial charge in [-0.1, -0.05) is 0 Å². The fourth-order valence-electron chi connectivity index (χ4n) is 1.20. The molecular formula is C8H15N3O. The van der Waals surface area contributed by atoms with Crippen molar-refractivity contribution in [1.29, 1.82) is 0 Å². The normalized spacial score (nSPS) is 10.5. The summed E-state index contributed by atoms with van der Waals surface area (Å²) in [6.07, 6.45) is 2.94. The Morgan fingerprint density at radius 2 is 2.08 bits per heavy atom. The van der Waals surface area contributed by atoms with Crippen LogP contribution in [0.25, 0.3) is 0 Å². The van der Waals surface area contributed by atoms with Gasteiger partial charge in [0.2, 0.25) is 0 Å². The zero-order valence-corrected chi connectivity index (χ0v) is 7.31. The first-order valence-electron chi connectivity index (χ1n) is 4.22. The molecule has 4 nitrogen and oxygen atoms in total. The van der Waals surface area contributed by atoms with Crippen LogP contribution < -0.4 is 11.4 Å². The van der Waals surface area contributed by atoms with Crippen molar-refractivity contribution in [2.75, 3.05) is 6.54 Å². The molecule has 1 aromatic rings.